The Balaban J connectivity index is 1.77. The van der Waals surface area contributed by atoms with E-state index in [4.69, 9.17) is 21.1 Å². The van der Waals surface area contributed by atoms with Gasteiger partial charge in [-0.2, -0.15) is 0 Å². The molecule has 0 amide bonds. The lowest BCUT2D eigenvalue weighted by Gasteiger charge is -2.18. The maximum atomic E-state index is 14.7. The standard InChI is InChI=1S/C24H24ClFO3/c1-16-12-19(25)9-10-21(16)23-22(26)11-8-18(24(23)28-2)13-20(27)15-29-14-17-6-4-3-5-7-17/h3-12,20,27H,13-15H2,1-2H3/t20-/m0/s1. The fourth-order valence-electron chi connectivity index (χ4n) is 3.35. The molecule has 0 aliphatic carbocycles. The minimum absolute atomic E-state index is 0.171. The Morgan fingerprint density at radius 2 is 1.83 bits per heavy atom. The largest absolute Gasteiger partial charge is 0.496 e. The van der Waals surface area contributed by atoms with Gasteiger partial charge < -0.3 is 14.6 Å². The number of hydrogen-bond donors (Lipinski definition) is 1. The summed E-state index contributed by atoms with van der Waals surface area (Å²) >= 11 is 6.04. The molecule has 0 aliphatic heterocycles. The average molecular weight is 415 g/mol. The predicted molar refractivity (Wildman–Crippen MR) is 114 cm³/mol. The number of aryl methyl sites for hydroxylation is 1. The van der Waals surface area contributed by atoms with E-state index in [9.17, 15) is 9.50 Å². The van der Waals surface area contributed by atoms with E-state index in [-0.39, 0.29) is 18.8 Å². The van der Waals surface area contributed by atoms with Crippen molar-refractivity contribution in [1.29, 1.82) is 0 Å². The first kappa shape index (κ1) is 21.3. The summed E-state index contributed by atoms with van der Waals surface area (Å²) in [7, 11) is 1.51. The molecule has 0 saturated carbocycles. The topological polar surface area (TPSA) is 38.7 Å². The first-order chi connectivity index (χ1) is 14.0. The van der Waals surface area contributed by atoms with Crippen LogP contribution in [0.5, 0.6) is 5.75 Å². The summed E-state index contributed by atoms with van der Waals surface area (Å²) in [5.41, 5.74) is 3.68. The van der Waals surface area contributed by atoms with Crippen LogP contribution in [0.2, 0.25) is 5.02 Å². The number of benzene rings is 3. The second-order valence-corrected chi connectivity index (χ2v) is 7.37. The van der Waals surface area contributed by atoms with Gasteiger partial charge in [-0.05, 0) is 47.4 Å². The van der Waals surface area contributed by atoms with Crippen molar-refractivity contribution in [3.63, 3.8) is 0 Å². The Hall–Kier alpha value is -2.40. The van der Waals surface area contributed by atoms with Gasteiger partial charge in [0.15, 0.2) is 0 Å². The maximum absolute atomic E-state index is 14.7. The number of halogens is 2. The smallest absolute Gasteiger partial charge is 0.134 e. The van der Waals surface area contributed by atoms with Crippen molar-refractivity contribution in [2.24, 2.45) is 0 Å². The molecule has 0 saturated heterocycles. The fraction of sp³-hybridized carbons (Fsp3) is 0.250. The van der Waals surface area contributed by atoms with Crippen molar-refractivity contribution in [1.82, 2.24) is 0 Å². The van der Waals surface area contributed by atoms with Gasteiger partial charge in [0.1, 0.15) is 11.6 Å². The molecule has 0 unspecified atom stereocenters. The van der Waals surface area contributed by atoms with Crippen molar-refractivity contribution in [3.05, 3.63) is 88.2 Å². The number of methoxy groups -OCH3 is 1. The van der Waals surface area contributed by atoms with Gasteiger partial charge >= 0.3 is 0 Å². The summed E-state index contributed by atoms with van der Waals surface area (Å²) in [5, 5.41) is 11.0. The lowest BCUT2D eigenvalue weighted by Crippen LogP contribution is -2.18. The Kier molecular flexibility index (Phi) is 7.26. The predicted octanol–water partition coefficient (Wildman–Crippen LogP) is 5.58. The molecular formula is C24H24ClFO3. The second kappa shape index (κ2) is 9.88. The highest BCUT2D eigenvalue weighted by atomic mass is 35.5. The highest BCUT2D eigenvalue weighted by molar-refractivity contribution is 6.30. The van der Waals surface area contributed by atoms with Crippen molar-refractivity contribution < 1.29 is 19.0 Å². The Morgan fingerprint density at radius 3 is 2.52 bits per heavy atom. The zero-order chi connectivity index (χ0) is 20.8. The van der Waals surface area contributed by atoms with Crippen LogP contribution in [-0.2, 0) is 17.8 Å². The Labute approximate surface area is 175 Å². The summed E-state index contributed by atoms with van der Waals surface area (Å²) in [6, 6.07) is 18.1. The van der Waals surface area contributed by atoms with Crippen LogP contribution in [0.3, 0.4) is 0 Å². The monoisotopic (exact) mass is 414 g/mol. The van der Waals surface area contributed by atoms with Crippen LogP contribution in [0, 0.1) is 12.7 Å². The van der Waals surface area contributed by atoms with Gasteiger partial charge in [-0.15, -0.1) is 0 Å². The molecule has 5 heteroatoms. The summed E-state index contributed by atoms with van der Waals surface area (Å²) < 4.78 is 25.9. The first-order valence-corrected chi connectivity index (χ1v) is 9.79. The third-order valence-corrected chi connectivity index (χ3v) is 4.96. The highest BCUT2D eigenvalue weighted by Gasteiger charge is 2.20. The SMILES string of the molecule is COc1c(C[C@H](O)COCc2ccccc2)ccc(F)c1-c1ccc(Cl)cc1C. The number of rotatable bonds is 8. The van der Waals surface area contributed by atoms with E-state index < -0.39 is 6.10 Å². The molecule has 0 heterocycles. The number of aliphatic hydroxyl groups excluding tert-OH is 1. The van der Waals surface area contributed by atoms with Crippen molar-refractivity contribution in [2.75, 3.05) is 13.7 Å². The number of ether oxygens (including phenoxy) is 2. The van der Waals surface area contributed by atoms with E-state index in [2.05, 4.69) is 0 Å². The van der Waals surface area contributed by atoms with Crippen LogP contribution in [0.15, 0.2) is 60.7 Å². The molecule has 0 spiro atoms. The molecule has 29 heavy (non-hydrogen) atoms. The quantitative estimate of drug-likeness (QED) is 0.522. The molecule has 3 rings (SSSR count). The maximum Gasteiger partial charge on any atom is 0.134 e. The molecule has 0 bridgehead atoms. The lowest BCUT2D eigenvalue weighted by molar-refractivity contribution is 0.0286. The van der Waals surface area contributed by atoms with Gasteiger partial charge in [-0.25, -0.2) is 4.39 Å². The van der Waals surface area contributed by atoms with Crippen molar-refractivity contribution in [2.45, 2.75) is 26.1 Å². The molecule has 3 aromatic rings. The van der Waals surface area contributed by atoms with Gasteiger partial charge in [-0.3, -0.25) is 0 Å². The zero-order valence-electron chi connectivity index (χ0n) is 16.5. The van der Waals surface area contributed by atoms with Crippen LogP contribution in [-0.4, -0.2) is 24.9 Å². The highest BCUT2D eigenvalue weighted by Crippen LogP contribution is 2.38. The molecule has 3 aromatic carbocycles. The average Bonchev–Trinajstić information content (AvgIpc) is 2.70. The minimum Gasteiger partial charge on any atom is -0.496 e. The van der Waals surface area contributed by atoms with E-state index in [0.29, 0.717) is 34.1 Å². The molecule has 152 valence electrons. The van der Waals surface area contributed by atoms with Gasteiger partial charge in [0.25, 0.3) is 0 Å². The van der Waals surface area contributed by atoms with E-state index in [0.717, 1.165) is 11.1 Å². The van der Waals surface area contributed by atoms with Crippen molar-refractivity contribution in [3.8, 4) is 16.9 Å². The van der Waals surface area contributed by atoms with E-state index in [1.807, 2.05) is 37.3 Å². The third-order valence-electron chi connectivity index (χ3n) is 4.73. The zero-order valence-corrected chi connectivity index (χ0v) is 17.2. The van der Waals surface area contributed by atoms with Gasteiger partial charge in [-0.1, -0.05) is 54.1 Å². The summed E-state index contributed by atoms with van der Waals surface area (Å²) in [6.45, 7) is 2.47. The van der Waals surface area contributed by atoms with Crippen LogP contribution >= 0.6 is 11.6 Å². The summed E-state index contributed by atoms with van der Waals surface area (Å²) in [5.74, 6) is 0.0309. The normalized spacial score (nSPS) is 12.0. The molecule has 0 radical (unpaired) electrons. The molecule has 3 nitrogen and oxygen atoms in total. The molecule has 0 aromatic heterocycles. The van der Waals surface area contributed by atoms with Crippen LogP contribution < -0.4 is 4.74 Å². The fourth-order valence-corrected chi connectivity index (χ4v) is 3.58. The molecule has 1 atom stereocenters. The first-order valence-electron chi connectivity index (χ1n) is 9.41. The van der Waals surface area contributed by atoms with Crippen molar-refractivity contribution >= 4 is 11.6 Å². The van der Waals surface area contributed by atoms with Gasteiger partial charge in [0.05, 0.1) is 32.0 Å². The second-order valence-electron chi connectivity index (χ2n) is 6.93. The van der Waals surface area contributed by atoms with Crippen LogP contribution in [0.1, 0.15) is 16.7 Å². The van der Waals surface area contributed by atoms with E-state index in [1.54, 1.807) is 24.3 Å². The number of hydrogen-bond acceptors (Lipinski definition) is 3. The summed E-state index contributed by atoms with van der Waals surface area (Å²) in [6.07, 6.45) is -0.449. The third kappa shape index (κ3) is 5.36. The van der Waals surface area contributed by atoms with Crippen LogP contribution in [0.25, 0.3) is 11.1 Å². The molecular weight excluding hydrogens is 391 g/mol. The Bertz CT molecular complexity index is 960. The van der Waals surface area contributed by atoms with Crippen LogP contribution in [0.4, 0.5) is 4.39 Å². The van der Waals surface area contributed by atoms with E-state index in [1.165, 1.54) is 13.2 Å². The molecule has 1 N–H and O–H groups in total. The lowest BCUT2D eigenvalue weighted by atomic mass is 9.95. The van der Waals surface area contributed by atoms with Gasteiger partial charge in [0, 0.05) is 11.4 Å². The Morgan fingerprint density at radius 1 is 1.07 bits per heavy atom. The molecule has 0 aliphatic rings. The summed E-state index contributed by atoms with van der Waals surface area (Å²) in [4.78, 5) is 0. The minimum atomic E-state index is -0.739. The number of aliphatic hydroxyl groups is 1. The van der Waals surface area contributed by atoms with Gasteiger partial charge in [0.2, 0.25) is 0 Å². The van der Waals surface area contributed by atoms with E-state index >= 15 is 0 Å². The molecule has 0 fully saturated rings.